The Hall–Kier alpha value is -1.39. The van der Waals surface area contributed by atoms with Crippen molar-refractivity contribution in [3.05, 3.63) is 60.2 Å². The van der Waals surface area contributed by atoms with E-state index in [-0.39, 0.29) is 17.9 Å². The lowest BCUT2D eigenvalue weighted by Gasteiger charge is -2.35. The molecule has 1 aliphatic rings. The first-order valence-corrected chi connectivity index (χ1v) is 8.51. The molecule has 0 saturated carbocycles. The standard InChI is InChI=1S/C16H20O3S/c1-14(13-19-20(2,17)18)16(11-7-4-8-12-16)15-9-5-3-6-10-15/h3,5-12,14H,4,13H2,1-2H3. The van der Waals surface area contributed by atoms with Crippen molar-refractivity contribution in [1.29, 1.82) is 0 Å². The maximum Gasteiger partial charge on any atom is 0.264 e. The lowest BCUT2D eigenvalue weighted by molar-refractivity contribution is 0.232. The quantitative estimate of drug-likeness (QED) is 0.619. The third-order valence-electron chi connectivity index (χ3n) is 3.68. The molecule has 0 spiro atoms. The van der Waals surface area contributed by atoms with E-state index >= 15 is 0 Å². The van der Waals surface area contributed by atoms with Crippen molar-refractivity contribution in [2.75, 3.05) is 12.9 Å². The monoisotopic (exact) mass is 292 g/mol. The Labute approximate surface area is 121 Å². The molecule has 0 radical (unpaired) electrons. The normalized spacial score (nSPS) is 18.9. The second-order valence-electron chi connectivity index (χ2n) is 5.23. The van der Waals surface area contributed by atoms with Gasteiger partial charge in [0.05, 0.1) is 12.9 Å². The molecule has 1 atom stereocenters. The molecule has 1 aliphatic carbocycles. The van der Waals surface area contributed by atoms with Crippen molar-refractivity contribution in [3.63, 3.8) is 0 Å². The van der Waals surface area contributed by atoms with Crippen molar-refractivity contribution < 1.29 is 12.6 Å². The van der Waals surface area contributed by atoms with Gasteiger partial charge in [-0.15, -0.1) is 0 Å². The zero-order valence-electron chi connectivity index (χ0n) is 11.8. The van der Waals surface area contributed by atoms with Crippen LogP contribution >= 0.6 is 0 Å². The van der Waals surface area contributed by atoms with Crippen molar-refractivity contribution in [2.45, 2.75) is 18.8 Å². The Kier molecular flexibility index (Phi) is 4.45. The summed E-state index contributed by atoms with van der Waals surface area (Å²) in [6, 6.07) is 10.1. The van der Waals surface area contributed by atoms with Gasteiger partial charge >= 0.3 is 0 Å². The second-order valence-corrected chi connectivity index (χ2v) is 6.87. The summed E-state index contributed by atoms with van der Waals surface area (Å²) >= 11 is 0. The van der Waals surface area contributed by atoms with E-state index in [2.05, 4.69) is 36.4 Å². The van der Waals surface area contributed by atoms with E-state index in [1.165, 1.54) is 0 Å². The summed E-state index contributed by atoms with van der Waals surface area (Å²) in [5.74, 6) is 0.0208. The van der Waals surface area contributed by atoms with Gasteiger partial charge in [-0.2, -0.15) is 8.42 Å². The topological polar surface area (TPSA) is 43.4 Å². The molecule has 1 aromatic carbocycles. The van der Waals surface area contributed by atoms with Gasteiger partial charge in [-0.25, -0.2) is 0 Å². The van der Waals surface area contributed by atoms with Gasteiger partial charge in [0.1, 0.15) is 0 Å². The first-order chi connectivity index (χ1) is 9.44. The maximum atomic E-state index is 11.2. The fourth-order valence-electron chi connectivity index (χ4n) is 2.56. The van der Waals surface area contributed by atoms with Gasteiger partial charge in [0.15, 0.2) is 0 Å². The number of hydrogen-bond acceptors (Lipinski definition) is 3. The summed E-state index contributed by atoms with van der Waals surface area (Å²) < 4.78 is 27.4. The van der Waals surface area contributed by atoms with E-state index in [1.807, 2.05) is 25.1 Å². The molecule has 0 bridgehead atoms. The van der Waals surface area contributed by atoms with E-state index < -0.39 is 10.1 Å². The third-order valence-corrected chi connectivity index (χ3v) is 4.25. The van der Waals surface area contributed by atoms with Crippen LogP contribution < -0.4 is 0 Å². The van der Waals surface area contributed by atoms with Crippen LogP contribution in [0.5, 0.6) is 0 Å². The summed E-state index contributed by atoms with van der Waals surface area (Å²) in [6.07, 6.45) is 10.5. The summed E-state index contributed by atoms with van der Waals surface area (Å²) in [5, 5.41) is 0. The average Bonchev–Trinajstić information content (AvgIpc) is 2.45. The second kappa shape index (κ2) is 5.94. The van der Waals surface area contributed by atoms with E-state index in [4.69, 9.17) is 4.18 Å². The molecule has 0 saturated heterocycles. The summed E-state index contributed by atoms with van der Waals surface area (Å²) in [5.41, 5.74) is 0.848. The number of benzene rings is 1. The highest BCUT2D eigenvalue weighted by atomic mass is 32.2. The van der Waals surface area contributed by atoms with E-state index in [0.29, 0.717) is 0 Å². The Morgan fingerprint density at radius 3 is 2.35 bits per heavy atom. The highest BCUT2D eigenvalue weighted by Gasteiger charge is 2.34. The molecule has 0 fully saturated rings. The maximum absolute atomic E-state index is 11.2. The Balaban J connectivity index is 2.31. The van der Waals surface area contributed by atoms with Crippen molar-refractivity contribution in [2.24, 2.45) is 5.92 Å². The van der Waals surface area contributed by atoms with Gasteiger partial charge in [0, 0.05) is 5.41 Å². The van der Waals surface area contributed by atoms with E-state index in [9.17, 15) is 8.42 Å². The van der Waals surface area contributed by atoms with Crippen LogP contribution in [0.1, 0.15) is 18.9 Å². The van der Waals surface area contributed by atoms with Gasteiger partial charge in [-0.05, 0) is 17.9 Å². The van der Waals surface area contributed by atoms with Gasteiger partial charge in [0.2, 0.25) is 0 Å². The summed E-state index contributed by atoms with van der Waals surface area (Å²) in [4.78, 5) is 0. The Morgan fingerprint density at radius 2 is 1.80 bits per heavy atom. The van der Waals surface area contributed by atoms with Crippen molar-refractivity contribution in [1.82, 2.24) is 0 Å². The van der Waals surface area contributed by atoms with Gasteiger partial charge < -0.3 is 0 Å². The first kappa shape index (κ1) is 15.0. The van der Waals surface area contributed by atoms with Crippen LogP contribution in [-0.4, -0.2) is 21.3 Å². The molecular formula is C16H20O3S. The van der Waals surface area contributed by atoms with Crippen LogP contribution in [0, 0.1) is 5.92 Å². The Morgan fingerprint density at radius 1 is 1.20 bits per heavy atom. The molecule has 3 nitrogen and oxygen atoms in total. The fourth-order valence-corrected chi connectivity index (χ4v) is 3.01. The van der Waals surface area contributed by atoms with Crippen LogP contribution in [-0.2, 0) is 19.7 Å². The molecule has 2 rings (SSSR count). The van der Waals surface area contributed by atoms with E-state index in [1.54, 1.807) is 0 Å². The molecule has 0 N–H and O–H groups in total. The van der Waals surface area contributed by atoms with Crippen molar-refractivity contribution >= 4 is 10.1 Å². The molecule has 20 heavy (non-hydrogen) atoms. The summed E-state index contributed by atoms with van der Waals surface area (Å²) in [7, 11) is -3.41. The zero-order valence-corrected chi connectivity index (χ0v) is 12.6. The first-order valence-electron chi connectivity index (χ1n) is 6.69. The largest absolute Gasteiger partial charge is 0.270 e. The van der Waals surface area contributed by atoms with Crippen LogP contribution in [0.3, 0.4) is 0 Å². The minimum atomic E-state index is -3.41. The minimum Gasteiger partial charge on any atom is -0.270 e. The lowest BCUT2D eigenvalue weighted by Crippen LogP contribution is -2.34. The molecule has 108 valence electrons. The SMILES string of the molecule is CC(COS(C)(=O)=O)C1(c2ccccc2)C=CCC=C1. The minimum absolute atomic E-state index is 0.0208. The molecule has 0 aliphatic heterocycles. The predicted molar refractivity (Wildman–Crippen MR) is 81.0 cm³/mol. The molecule has 0 aromatic heterocycles. The molecule has 0 heterocycles. The molecule has 1 aromatic rings. The van der Waals surface area contributed by atoms with Crippen LogP contribution in [0.25, 0.3) is 0 Å². The molecular weight excluding hydrogens is 272 g/mol. The van der Waals surface area contributed by atoms with Crippen LogP contribution in [0.15, 0.2) is 54.6 Å². The van der Waals surface area contributed by atoms with Gasteiger partial charge in [0.25, 0.3) is 10.1 Å². The Bertz CT molecular complexity index is 588. The van der Waals surface area contributed by atoms with Crippen LogP contribution in [0.4, 0.5) is 0 Å². The number of rotatable bonds is 5. The predicted octanol–water partition coefficient (Wildman–Crippen LogP) is 3.05. The zero-order chi connectivity index (χ0) is 14.6. The number of allylic oxidation sites excluding steroid dienone is 4. The highest BCUT2D eigenvalue weighted by Crippen LogP contribution is 2.38. The van der Waals surface area contributed by atoms with Gasteiger partial charge in [-0.1, -0.05) is 61.6 Å². The smallest absolute Gasteiger partial charge is 0.264 e. The number of hydrogen-bond donors (Lipinski definition) is 0. The molecule has 1 unspecified atom stereocenters. The third kappa shape index (κ3) is 3.38. The van der Waals surface area contributed by atoms with Gasteiger partial charge in [-0.3, -0.25) is 4.18 Å². The molecule has 0 amide bonds. The fraction of sp³-hybridized carbons (Fsp3) is 0.375. The van der Waals surface area contributed by atoms with Crippen molar-refractivity contribution in [3.8, 4) is 0 Å². The highest BCUT2D eigenvalue weighted by molar-refractivity contribution is 7.85. The lowest BCUT2D eigenvalue weighted by atomic mass is 9.69. The average molecular weight is 292 g/mol. The van der Waals surface area contributed by atoms with Crippen LogP contribution in [0.2, 0.25) is 0 Å². The summed E-state index contributed by atoms with van der Waals surface area (Å²) in [6.45, 7) is 2.18. The van der Waals surface area contributed by atoms with E-state index in [0.717, 1.165) is 18.2 Å². The molecule has 4 heteroatoms.